The minimum atomic E-state index is -0.106. The van der Waals surface area contributed by atoms with Crippen molar-refractivity contribution in [3.63, 3.8) is 0 Å². The normalized spacial score (nSPS) is 12.2. The summed E-state index contributed by atoms with van der Waals surface area (Å²) in [7, 11) is 0. The lowest BCUT2D eigenvalue weighted by molar-refractivity contribution is -0.118. The van der Waals surface area contributed by atoms with Gasteiger partial charge in [-0.15, -0.1) is 0 Å². The van der Waals surface area contributed by atoms with Crippen molar-refractivity contribution in [1.82, 2.24) is 5.32 Å². The summed E-state index contributed by atoms with van der Waals surface area (Å²) in [5, 5.41) is 5.38. The van der Waals surface area contributed by atoms with Gasteiger partial charge in [-0.2, -0.15) is 0 Å². The second-order valence-electron chi connectivity index (χ2n) is 3.78. The van der Waals surface area contributed by atoms with E-state index in [9.17, 15) is 9.59 Å². The quantitative estimate of drug-likeness (QED) is 0.694. The van der Waals surface area contributed by atoms with Crippen LogP contribution in [-0.4, -0.2) is 18.4 Å². The molecule has 1 aromatic carbocycles. The molecule has 0 atom stereocenters. The van der Waals surface area contributed by atoms with Crippen LogP contribution >= 0.6 is 0 Å². The van der Waals surface area contributed by atoms with Crippen LogP contribution in [0.25, 0.3) is 0 Å². The average Bonchev–Trinajstić information content (AvgIpc) is 2.65. The Bertz CT molecular complexity index is 538. The van der Waals surface area contributed by atoms with Gasteiger partial charge in [0.15, 0.2) is 0 Å². The van der Waals surface area contributed by atoms with E-state index >= 15 is 0 Å². The van der Waals surface area contributed by atoms with Crippen LogP contribution in [0.1, 0.15) is 18.1 Å². The molecule has 2 rings (SSSR count). The standard InChI is InChI=1S/C13H12N2O2/c1-9(16)14-7-3-6-10-4-2-5-11-8-12(17)15-13(10)11/h2,4-5H,7-8H2,1H3,(H,14,16)(H,15,17). The van der Waals surface area contributed by atoms with Crippen molar-refractivity contribution in [2.45, 2.75) is 13.3 Å². The fraction of sp³-hybridized carbons (Fsp3) is 0.231. The average molecular weight is 228 g/mol. The first-order chi connectivity index (χ1) is 8.16. The third kappa shape index (κ3) is 2.64. The molecule has 1 aromatic rings. The van der Waals surface area contributed by atoms with Crippen LogP contribution in [0.2, 0.25) is 0 Å². The Balaban J connectivity index is 2.15. The van der Waals surface area contributed by atoms with Gasteiger partial charge in [-0.3, -0.25) is 9.59 Å². The molecule has 1 aliphatic rings. The molecule has 17 heavy (non-hydrogen) atoms. The molecule has 1 aliphatic heterocycles. The van der Waals surface area contributed by atoms with E-state index < -0.39 is 0 Å². The molecule has 0 aliphatic carbocycles. The Morgan fingerprint density at radius 2 is 2.35 bits per heavy atom. The van der Waals surface area contributed by atoms with Gasteiger partial charge < -0.3 is 10.6 Å². The Morgan fingerprint density at radius 3 is 3.12 bits per heavy atom. The summed E-state index contributed by atoms with van der Waals surface area (Å²) in [5.74, 6) is 5.68. The molecule has 2 amide bonds. The van der Waals surface area contributed by atoms with Crippen LogP contribution in [0.5, 0.6) is 0 Å². The predicted molar refractivity (Wildman–Crippen MR) is 64.3 cm³/mol. The number of carbonyl (C=O) groups excluding carboxylic acids is 2. The molecule has 0 bridgehead atoms. The third-order valence-corrected chi connectivity index (χ3v) is 2.41. The Labute approximate surface area is 99.4 Å². The first kappa shape index (κ1) is 11.2. The van der Waals surface area contributed by atoms with E-state index in [-0.39, 0.29) is 11.8 Å². The zero-order valence-corrected chi connectivity index (χ0v) is 9.46. The zero-order chi connectivity index (χ0) is 12.3. The van der Waals surface area contributed by atoms with Gasteiger partial charge in [0.05, 0.1) is 18.7 Å². The summed E-state index contributed by atoms with van der Waals surface area (Å²) in [4.78, 5) is 21.9. The summed E-state index contributed by atoms with van der Waals surface area (Å²) < 4.78 is 0. The summed E-state index contributed by atoms with van der Waals surface area (Å²) in [6.45, 7) is 1.76. The van der Waals surface area contributed by atoms with Gasteiger partial charge in [0.1, 0.15) is 0 Å². The lowest BCUT2D eigenvalue weighted by Crippen LogP contribution is -2.19. The molecule has 4 heteroatoms. The van der Waals surface area contributed by atoms with Crippen LogP contribution < -0.4 is 10.6 Å². The van der Waals surface area contributed by atoms with Crippen LogP contribution in [0.15, 0.2) is 18.2 Å². The smallest absolute Gasteiger partial charge is 0.228 e. The van der Waals surface area contributed by atoms with Gasteiger partial charge in [0, 0.05) is 12.5 Å². The van der Waals surface area contributed by atoms with E-state index in [1.165, 1.54) is 6.92 Å². The molecule has 0 saturated carbocycles. The van der Waals surface area contributed by atoms with Crippen LogP contribution in [-0.2, 0) is 16.0 Å². The van der Waals surface area contributed by atoms with Crippen molar-refractivity contribution >= 4 is 17.5 Å². The SMILES string of the molecule is CC(=O)NCC#Cc1cccc2c1NC(=O)C2. The minimum Gasteiger partial charge on any atom is -0.345 e. The van der Waals surface area contributed by atoms with E-state index in [4.69, 9.17) is 0 Å². The lowest BCUT2D eigenvalue weighted by Gasteiger charge is -2.00. The number of nitrogens with one attached hydrogen (secondary N) is 2. The van der Waals surface area contributed by atoms with E-state index in [2.05, 4.69) is 22.5 Å². The van der Waals surface area contributed by atoms with E-state index in [1.54, 1.807) is 0 Å². The van der Waals surface area contributed by atoms with E-state index in [1.807, 2.05) is 18.2 Å². The molecule has 86 valence electrons. The number of fused-ring (bicyclic) bond motifs is 1. The van der Waals surface area contributed by atoms with Crippen molar-refractivity contribution in [2.24, 2.45) is 0 Å². The Kier molecular flexibility index (Phi) is 3.10. The highest BCUT2D eigenvalue weighted by Crippen LogP contribution is 2.26. The summed E-state index contributed by atoms with van der Waals surface area (Å²) in [5.41, 5.74) is 2.56. The maximum atomic E-state index is 11.3. The zero-order valence-electron chi connectivity index (χ0n) is 9.46. The topological polar surface area (TPSA) is 58.2 Å². The molecular formula is C13H12N2O2. The summed E-state index contributed by atoms with van der Waals surface area (Å²) in [6, 6.07) is 5.64. The number of amides is 2. The van der Waals surface area contributed by atoms with Crippen LogP contribution in [0.3, 0.4) is 0 Å². The third-order valence-electron chi connectivity index (χ3n) is 2.41. The molecule has 0 fully saturated rings. The van der Waals surface area contributed by atoms with Crippen molar-refractivity contribution in [1.29, 1.82) is 0 Å². The van der Waals surface area contributed by atoms with Crippen molar-refractivity contribution in [3.05, 3.63) is 29.3 Å². The summed E-state index contributed by atoms with van der Waals surface area (Å²) in [6.07, 6.45) is 0.413. The highest BCUT2D eigenvalue weighted by atomic mass is 16.2. The molecular weight excluding hydrogens is 216 g/mol. The van der Waals surface area contributed by atoms with Gasteiger partial charge in [-0.25, -0.2) is 0 Å². The van der Waals surface area contributed by atoms with Crippen molar-refractivity contribution in [3.8, 4) is 11.8 Å². The van der Waals surface area contributed by atoms with Gasteiger partial charge in [0.25, 0.3) is 0 Å². The number of carbonyl (C=O) groups is 2. The highest BCUT2D eigenvalue weighted by Gasteiger charge is 2.19. The number of benzene rings is 1. The van der Waals surface area contributed by atoms with Crippen molar-refractivity contribution in [2.75, 3.05) is 11.9 Å². The predicted octanol–water partition coefficient (Wildman–Crippen LogP) is 0.669. The number of hydrogen-bond acceptors (Lipinski definition) is 2. The number of anilines is 1. The lowest BCUT2D eigenvalue weighted by atomic mass is 10.1. The van der Waals surface area contributed by atoms with Crippen LogP contribution in [0.4, 0.5) is 5.69 Å². The first-order valence-corrected chi connectivity index (χ1v) is 5.32. The van der Waals surface area contributed by atoms with E-state index in [0.29, 0.717) is 13.0 Å². The molecule has 0 radical (unpaired) electrons. The highest BCUT2D eigenvalue weighted by molar-refractivity contribution is 6.00. The summed E-state index contributed by atoms with van der Waals surface area (Å²) >= 11 is 0. The second kappa shape index (κ2) is 4.71. The first-order valence-electron chi connectivity index (χ1n) is 5.32. The maximum absolute atomic E-state index is 11.3. The number of rotatable bonds is 1. The Morgan fingerprint density at radius 1 is 1.53 bits per heavy atom. The largest absolute Gasteiger partial charge is 0.345 e. The molecule has 1 heterocycles. The van der Waals surface area contributed by atoms with Gasteiger partial charge >= 0.3 is 0 Å². The van der Waals surface area contributed by atoms with Gasteiger partial charge in [-0.05, 0) is 11.6 Å². The van der Waals surface area contributed by atoms with Gasteiger partial charge in [-0.1, -0.05) is 24.0 Å². The Hall–Kier alpha value is -2.28. The fourth-order valence-electron chi connectivity index (χ4n) is 1.66. The van der Waals surface area contributed by atoms with E-state index in [0.717, 1.165) is 16.8 Å². The van der Waals surface area contributed by atoms with Crippen molar-refractivity contribution < 1.29 is 9.59 Å². The molecule has 0 saturated heterocycles. The number of para-hydroxylation sites is 1. The molecule has 4 nitrogen and oxygen atoms in total. The fourth-order valence-corrected chi connectivity index (χ4v) is 1.66. The van der Waals surface area contributed by atoms with Gasteiger partial charge in [0.2, 0.25) is 11.8 Å². The molecule has 2 N–H and O–H groups in total. The monoisotopic (exact) mass is 228 g/mol. The second-order valence-corrected chi connectivity index (χ2v) is 3.78. The minimum absolute atomic E-state index is 0.00360. The maximum Gasteiger partial charge on any atom is 0.228 e. The molecule has 0 unspecified atom stereocenters. The number of hydrogen-bond donors (Lipinski definition) is 2. The molecule has 0 spiro atoms. The van der Waals surface area contributed by atoms with Crippen LogP contribution in [0, 0.1) is 11.8 Å². The molecule has 0 aromatic heterocycles.